The summed E-state index contributed by atoms with van der Waals surface area (Å²) in [5, 5.41) is 13.0. The van der Waals surface area contributed by atoms with Crippen LogP contribution in [0.5, 0.6) is 0 Å². The summed E-state index contributed by atoms with van der Waals surface area (Å²) in [5.41, 5.74) is 1.06. The molecule has 0 fully saturated rings. The number of rotatable bonds is 2. The van der Waals surface area contributed by atoms with Gasteiger partial charge >= 0.3 is 5.97 Å². The van der Waals surface area contributed by atoms with Gasteiger partial charge in [0, 0.05) is 25.0 Å². The van der Waals surface area contributed by atoms with E-state index < -0.39 is 5.97 Å². The van der Waals surface area contributed by atoms with E-state index in [1.165, 1.54) is 27.1 Å². The first kappa shape index (κ1) is 14.1. The minimum atomic E-state index is -1.15. The van der Waals surface area contributed by atoms with Crippen molar-refractivity contribution >= 4 is 34.8 Å². The Kier molecular flexibility index (Phi) is 3.46. The Morgan fingerprint density at radius 1 is 1.48 bits per heavy atom. The van der Waals surface area contributed by atoms with Gasteiger partial charge in [0.15, 0.2) is 0 Å². The molecule has 0 aliphatic carbocycles. The molecule has 0 unspecified atom stereocenters. The zero-order valence-corrected chi connectivity index (χ0v) is 12.7. The molecule has 0 spiro atoms. The molecule has 2 aromatic rings. The number of amides is 1. The lowest BCUT2D eigenvalue weighted by Crippen LogP contribution is -2.37. The van der Waals surface area contributed by atoms with Crippen LogP contribution >= 0.6 is 22.9 Å². The zero-order valence-electron chi connectivity index (χ0n) is 11.2. The van der Waals surface area contributed by atoms with E-state index in [2.05, 4.69) is 5.10 Å². The molecule has 110 valence electrons. The zero-order chi connectivity index (χ0) is 15.1. The molecular formula is C13H12ClN3O3S. The van der Waals surface area contributed by atoms with Crippen LogP contribution in [0.15, 0.2) is 12.3 Å². The van der Waals surface area contributed by atoms with Gasteiger partial charge in [0.05, 0.1) is 10.5 Å². The largest absolute Gasteiger partial charge is 0.478 e. The fraction of sp³-hybridized carbons (Fsp3) is 0.308. The number of hydrogen-bond acceptors (Lipinski definition) is 4. The van der Waals surface area contributed by atoms with Crippen molar-refractivity contribution in [3.63, 3.8) is 0 Å². The minimum absolute atomic E-state index is 0.0725. The SMILES string of the molecule is Cn1ncc(C(=O)O)c1C(=O)N1CCc2sc(Cl)cc2C1. The second kappa shape index (κ2) is 5.16. The lowest BCUT2D eigenvalue weighted by molar-refractivity contribution is 0.0665. The van der Waals surface area contributed by atoms with Crippen molar-refractivity contribution < 1.29 is 14.7 Å². The third kappa shape index (κ3) is 2.43. The normalized spacial score (nSPS) is 14.1. The average Bonchev–Trinajstić information content (AvgIpc) is 2.98. The minimum Gasteiger partial charge on any atom is -0.478 e. The summed E-state index contributed by atoms with van der Waals surface area (Å²) < 4.78 is 2.02. The van der Waals surface area contributed by atoms with Gasteiger partial charge in [0.25, 0.3) is 5.91 Å². The Labute approximate surface area is 129 Å². The van der Waals surface area contributed by atoms with E-state index in [0.717, 1.165) is 12.0 Å². The van der Waals surface area contributed by atoms with Crippen LogP contribution in [0.25, 0.3) is 0 Å². The second-order valence-corrected chi connectivity index (χ2v) is 6.58. The quantitative estimate of drug-likeness (QED) is 0.916. The van der Waals surface area contributed by atoms with Crippen molar-refractivity contribution in [3.8, 4) is 0 Å². The van der Waals surface area contributed by atoms with E-state index in [1.54, 1.807) is 11.9 Å². The molecule has 0 aromatic carbocycles. The molecule has 21 heavy (non-hydrogen) atoms. The van der Waals surface area contributed by atoms with Crippen molar-refractivity contribution in [2.24, 2.45) is 7.05 Å². The molecule has 3 rings (SSSR count). The maximum Gasteiger partial charge on any atom is 0.339 e. The summed E-state index contributed by atoms with van der Waals surface area (Å²) in [5.74, 6) is -1.47. The maximum absolute atomic E-state index is 12.6. The summed E-state index contributed by atoms with van der Waals surface area (Å²) in [7, 11) is 1.57. The molecule has 0 saturated carbocycles. The van der Waals surface area contributed by atoms with Gasteiger partial charge in [-0.2, -0.15) is 5.10 Å². The molecule has 1 aliphatic rings. The van der Waals surface area contributed by atoms with Crippen LogP contribution < -0.4 is 0 Å². The Balaban J connectivity index is 1.90. The molecule has 1 N–H and O–H groups in total. The first-order valence-electron chi connectivity index (χ1n) is 6.29. The number of carbonyl (C=O) groups is 2. The van der Waals surface area contributed by atoms with Crippen LogP contribution in [0.3, 0.4) is 0 Å². The molecule has 2 aromatic heterocycles. The summed E-state index contributed by atoms with van der Waals surface area (Å²) in [6.07, 6.45) is 1.94. The monoisotopic (exact) mass is 325 g/mol. The predicted octanol–water partition coefficient (Wildman–Crippen LogP) is 2.03. The molecule has 0 atom stereocenters. The summed E-state index contributed by atoms with van der Waals surface area (Å²) in [4.78, 5) is 26.6. The van der Waals surface area contributed by atoms with Crippen molar-refractivity contribution in [3.05, 3.63) is 38.3 Å². The third-order valence-electron chi connectivity index (χ3n) is 3.50. The number of nitrogens with zero attached hydrogens (tertiary/aromatic N) is 3. The molecule has 1 aliphatic heterocycles. The number of aromatic carboxylic acids is 1. The highest BCUT2D eigenvalue weighted by atomic mass is 35.5. The number of carboxylic acid groups (broad SMARTS) is 1. The average molecular weight is 326 g/mol. The molecule has 8 heteroatoms. The lowest BCUT2D eigenvalue weighted by Gasteiger charge is -2.27. The van der Waals surface area contributed by atoms with E-state index in [9.17, 15) is 9.59 Å². The van der Waals surface area contributed by atoms with E-state index in [0.29, 0.717) is 17.4 Å². The Morgan fingerprint density at radius 3 is 2.95 bits per heavy atom. The molecule has 0 saturated heterocycles. The third-order valence-corrected chi connectivity index (χ3v) is 4.86. The first-order chi connectivity index (χ1) is 9.97. The topological polar surface area (TPSA) is 75.4 Å². The van der Waals surface area contributed by atoms with Crippen molar-refractivity contribution in [1.82, 2.24) is 14.7 Å². The van der Waals surface area contributed by atoms with Crippen LogP contribution in [0, 0.1) is 0 Å². The molecule has 6 nitrogen and oxygen atoms in total. The summed E-state index contributed by atoms with van der Waals surface area (Å²) in [6.45, 7) is 0.995. The van der Waals surface area contributed by atoms with Crippen LogP contribution in [0.1, 0.15) is 31.3 Å². The van der Waals surface area contributed by atoms with Crippen molar-refractivity contribution in [2.45, 2.75) is 13.0 Å². The van der Waals surface area contributed by atoms with Crippen molar-refractivity contribution in [2.75, 3.05) is 6.54 Å². The number of carbonyl (C=O) groups excluding carboxylic acids is 1. The van der Waals surface area contributed by atoms with E-state index in [1.807, 2.05) is 6.07 Å². The molecule has 0 radical (unpaired) electrons. The highest BCUT2D eigenvalue weighted by Gasteiger charge is 2.29. The van der Waals surface area contributed by atoms with Gasteiger partial charge in [-0.3, -0.25) is 9.48 Å². The Hall–Kier alpha value is -1.86. The molecule has 1 amide bonds. The number of fused-ring (bicyclic) bond motifs is 1. The van der Waals surface area contributed by atoms with Gasteiger partial charge in [0.1, 0.15) is 11.3 Å². The molecular weight excluding hydrogens is 314 g/mol. The summed E-state index contributed by atoms with van der Waals surface area (Å²) >= 11 is 7.52. The van der Waals surface area contributed by atoms with Crippen LogP contribution in [0.4, 0.5) is 0 Å². The lowest BCUT2D eigenvalue weighted by atomic mass is 10.1. The smallest absolute Gasteiger partial charge is 0.339 e. The van der Waals surface area contributed by atoms with Gasteiger partial charge in [0.2, 0.25) is 0 Å². The number of aromatic nitrogens is 2. The number of thiophene rings is 1. The number of hydrogen-bond donors (Lipinski definition) is 1. The fourth-order valence-corrected chi connectivity index (χ4v) is 3.76. The first-order valence-corrected chi connectivity index (χ1v) is 7.48. The standard InChI is InChI=1S/C13H12ClN3O3S/c1-16-11(8(5-15-16)13(19)20)12(18)17-3-2-9-7(6-17)4-10(14)21-9/h4-5H,2-3,6H2,1H3,(H,19,20). The van der Waals surface area contributed by atoms with E-state index >= 15 is 0 Å². The van der Waals surface area contributed by atoms with Crippen LogP contribution in [0.2, 0.25) is 4.34 Å². The van der Waals surface area contributed by atoms with Crippen molar-refractivity contribution in [1.29, 1.82) is 0 Å². The van der Waals surface area contributed by atoms with Crippen LogP contribution in [-0.2, 0) is 20.0 Å². The van der Waals surface area contributed by atoms with Gasteiger partial charge < -0.3 is 10.0 Å². The Bertz CT molecular complexity index is 737. The van der Waals surface area contributed by atoms with Gasteiger partial charge in [-0.15, -0.1) is 11.3 Å². The van der Waals surface area contributed by atoms with Gasteiger partial charge in [-0.25, -0.2) is 4.79 Å². The summed E-state index contributed by atoms with van der Waals surface area (Å²) in [6, 6.07) is 1.86. The highest BCUT2D eigenvalue weighted by molar-refractivity contribution is 7.16. The van der Waals surface area contributed by atoms with Gasteiger partial charge in [-0.1, -0.05) is 11.6 Å². The highest BCUT2D eigenvalue weighted by Crippen LogP contribution is 2.31. The van der Waals surface area contributed by atoms with Gasteiger partial charge in [-0.05, 0) is 18.1 Å². The van der Waals surface area contributed by atoms with E-state index in [-0.39, 0.29) is 17.2 Å². The molecule has 3 heterocycles. The van der Waals surface area contributed by atoms with E-state index in [4.69, 9.17) is 16.7 Å². The predicted molar refractivity (Wildman–Crippen MR) is 77.9 cm³/mol. The second-order valence-electron chi connectivity index (χ2n) is 4.81. The molecule has 0 bridgehead atoms. The fourth-order valence-electron chi connectivity index (χ4n) is 2.47. The number of halogens is 1. The Morgan fingerprint density at radius 2 is 2.24 bits per heavy atom. The number of aryl methyl sites for hydroxylation is 1. The van der Waals surface area contributed by atoms with Crippen LogP contribution in [-0.4, -0.2) is 38.2 Å². The number of carboxylic acids is 1. The maximum atomic E-state index is 12.6.